The van der Waals surface area contributed by atoms with Crippen LogP contribution in [0.4, 0.5) is 0 Å². The first-order valence-corrected chi connectivity index (χ1v) is 9.44. The van der Waals surface area contributed by atoms with E-state index >= 15 is 0 Å². The molecule has 0 amide bonds. The van der Waals surface area contributed by atoms with Crippen LogP contribution in [-0.2, 0) is 0 Å². The average molecular weight is 511 g/mol. The zero-order chi connectivity index (χ0) is 18.3. The molecule has 0 saturated heterocycles. The Morgan fingerprint density at radius 2 is 1.33 bits per heavy atom. The van der Waals surface area contributed by atoms with Gasteiger partial charge in [0.25, 0.3) is 3.92 Å². The van der Waals surface area contributed by atoms with Gasteiger partial charge in [-0.05, 0) is 5.56 Å². The monoisotopic (exact) mass is 507 g/mol. The minimum Gasteiger partial charge on any atom is -0.285 e. The molecule has 132 valence electrons. The lowest BCUT2D eigenvalue weighted by atomic mass is 10.1. The molecule has 1 aromatic rings. The fourth-order valence-corrected chi connectivity index (χ4v) is 3.11. The van der Waals surface area contributed by atoms with E-state index in [9.17, 15) is 0 Å². The molecular weight excluding hydrogens is 505 g/mol. The number of hydrogen-bond acceptors (Lipinski definition) is 3. The van der Waals surface area contributed by atoms with Crippen molar-refractivity contribution in [2.45, 2.75) is 17.7 Å². The standard InChI is InChI=1S/C12H6Cl9N3/c13-10(14,15)8-22-7(6-4-2-1-3-5-6)24(12(19,20)21)9(23-8)11(16,17)18/h1-5,7H. The molecule has 0 bridgehead atoms. The number of aliphatic imine (C=N–C) groups is 2. The Kier molecular flexibility index (Phi) is 6.68. The maximum absolute atomic E-state index is 6.05. The van der Waals surface area contributed by atoms with Gasteiger partial charge in [-0.15, -0.1) is 0 Å². The van der Waals surface area contributed by atoms with Crippen LogP contribution in [0, 0.1) is 0 Å². The normalized spacial score (nSPS) is 19.9. The lowest BCUT2D eigenvalue weighted by molar-refractivity contribution is 0.318. The van der Waals surface area contributed by atoms with Crippen LogP contribution in [-0.4, -0.2) is 28.1 Å². The van der Waals surface area contributed by atoms with Gasteiger partial charge in [-0.2, -0.15) is 0 Å². The summed E-state index contributed by atoms with van der Waals surface area (Å²) in [4.78, 5) is 9.37. The molecular formula is C12H6Cl9N3. The van der Waals surface area contributed by atoms with Gasteiger partial charge >= 0.3 is 0 Å². The highest BCUT2D eigenvalue weighted by molar-refractivity contribution is 6.79. The second-order valence-corrected chi connectivity index (χ2v) is 11.3. The summed E-state index contributed by atoms with van der Waals surface area (Å²) in [5, 5.41) is 0. The molecule has 1 heterocycles. The van der Waals surface area contributed by atoms with E-state index in [1.807, 2.05) is 0 Å². The van der Waals surface area contributed by atoms with Gasteiger partial charge in [-0.3, -0.25) is 4.90 Å². The number of benzene rings is 1. The number of rotatable bonds is 1. The van der Waals surface area contributed by atoms with Crippen molar-refractivity contribution < 1.29 is 0 Å². The SMILES string of the molecule is ClC(Cl)(Cl)C1=NC(c2ccccc2)N(C(Cl)(Cl)Cl)C(C(Cl)(Cl)Cl)=N1. The highest BCUT2D eigenvalue weighted by atomic mass is 35.6. The molecule has 1 aliphatic rings. The van der Waals surface area contributed by atoms with E-state index in [4.69, 9.17) is 104 Å². The first-order valence-electron chi connectivity index (χ1n) is 6.03. The Morgan fingerprint density at radius 1 is 0.792 bits per heavy atom. The predicted molar refractivity (Wildman–Crippen MR) is 107 cm³/mol. The van der Waals surface area contributed by atoms with Crippen LogP contribution >= 0.6 is 104 Å². The zero-order valence-electron chi connectivity index (χ0n) is 11.2. The molecule has 0 radical (unpaired) electrons. The van der Waals surface area contributed by atoms with E-state index in [-0.39, 0.29) is 11.7 Å². The lowest BCUT2D eigenvalue weighted by Gasteiger charge is -2.41. The van der Waals surface area contributed by atoms with Crippen molar-refractivity contribution in [1.82, 2.24) is 4.90 Å². The van der Waals surface area contributed by atoms with Crippen molar-refractivity contribution in [2.24, 2.45) is 9.98 Å². The van der Waals surface area contributed by atoms with E-state index < -0.39 is 17.7 Å². The summed E-state index contributed by atoms with van der Waals surface area (Å²) in [6, 6.07) is 8.79. The molecule has 2 rings (SSSR count). The molecule has 0 aliphatic carbocycles. The fraction of sp³-hybridized carbons (Fsp3) is 0.333. The quantitative estimate of drug-likeness (QED) is 0.299. The summed E-state index contributed by atoms with van der Waals surface area (Å²) in [6.07, 6.45) is -0.938. The minimum atomic E-state index is -2.06. The summed E-state index contributed by atoms with van der Waals surface area (Å²) >= 11 is 53.8. The summed E-state index contributed by atoms with van der Waals surface area (Å²) in [6.45, 7) is 0. The Morgan fingerprint density at radius 3 is 1.75 bits per heavy atom. The molecule has 0 aromatic heterocycles. The van der Waals surface area contributed by atoms with E-state index in [0.29, 0.717) is 5.56 Å². The Bertz CT molecular complexity index is 655. The molecule has 0 spiro atoms. The van der Waals surface area contributed by atoms with Gasteiger partial charge in [0, 0.05) is 0 Å². The molecule has 24 heavy (non-hydrogen) atoms. The van der Waals surface area contributed by atoms with E-state index in [0.717, 1.165) is 4.90 Å². The molecule has 1 unspecified atom stereocenters. The van der Waals surface area contributed by atoms with Gasteiger partial charge in [0.15, 0.2) is 17.8 Å². The summed E-state index contributed by atoms with van der Waals surface area (Å²) in [7, 11) is 0. The van der Waals surface area contributed by atoms with Crippen molar-refractivity contribution >= 4 is 116 Å². The van der Waals surface area contributed by atoms with Crippen LogP contribution in [0.3, 0.4) is 0 Å². The highest BCUT2D eigenvalue weighted by Crippen LogP contribution is 2.47. The van der Waals surface area contributed by atoms with Crippen LogP contribution in [0.15, 0.2) is 40.3 Å². The smallest absolute Gasteiger partial charge is 0.271 e. The van der Waals surface area contributed by atoms with Crippen molar-refractivity contribution in [3.8, 4) is 0 Å². The van der Waals surface area contributed by atoms with Crippen LogP contribution in [0.2, 0.25) is 0 Å². The summed E-state index contributed by atoms with van der Waals surface area (Å²) < 4.78 is -6.06. The third-order valence-corrected chi connectivity index (χ3v) is 4.37. The second kappa shape index (κ2) is 7.53. The lowest BCUT2D eigenvalue weighted by Crippen LogP contribution is -2.51. The van der Waals surface area contributed by atoms with Gasteiger partial charge in [-0.25, -0.2) is 9.98 Å². The number of halogens is 9. The summed E-state index contributed by atoms with van der Waals surface area (Å²) in [5.41, 5.74) is 0.609. The molecule has 0 N–H and O–H groups in total. The molecule has 1 aromatic carbocycles. The maximum atomic E-state index is 6.05. The first-order chi connectivity index (χ1) is 10.8. The maximum Gasteiger partial charge on any atom is 0.271 e. The van der Waals surface area contributed by atoms with Crippen LogP contribution in [0.25, 0.3) is 0 Å². The van der Waals surface area contributed by atoms with Gasteiger partial charge < -0.3 is 0 Å². The second-order valence-electron chi connectivity index (χ2n) is 4.51. The molecule has 3 nitrogen and oxygen atoms in total. The van der Waals surface area contributed by atoms with E-state index in [1.54, 1.807) is 30.3 Å². The average Bonchev–Trinajstić information content (AvgIpc) is 2.44. The number of nitrogens with zero attached hydrogens (tertiary/aromatic N) is 3. The third-order valence-electron chi connectivity index (χ3n) is 2.81. The van der Waals surface area contributed by atoms with Gasteiger partial charge in [0.05, 0.1) is 0 Å². The highest BCUT2D eigenvalue weighted by Gasteiger charge is 2.49. The summed E-state index contributed by atoms with van der Waals surface area (Å²) in [5.74, 6) is -0.439. The largest absolute Gasteiger partial charge is 0.285 e. The van der Waals surface area contributed by atoms with E-state index in [1.165, 1.54) is 0 Å². The van der Waals surface area contributed by atoms with Crippen molar-refractivity contribution in [2.75, 3.05) is 0 Å². The Labute approximate surface area is 183 Å². The van der Waals surface area contributed by atoms with Gasteiger partial charge in [0.1, 0.15) is 0 Å². The number of alkyl halides is 9. The topological polar surface area (TPSA) is 28.0 Å². The van der Waals surface area contributed by atoms with Gasteiger partial charge in [0.2, 0.25) is 7.59 Å². The first kappa shape index (κ1) is 21.3. The Balaban J connectivity index is 2.69. The predicted octanol–water partition coefficient (Wildman–Crippen LogP) is 6.87. The number of amidine groups is 2. The van der Waals surface area contributed by atoms with E-state index in [2.05, 4.69) is 9.98 Å². The van der Waals surface area contributed by atoms with Crippen LogP contribution in [0.5, 0.6) is 0 Å². The number of hydrogen-bond donors (Lipinski definition) is 0. The third kappa shape index (κ3) is 5.03. The van der Waals surface area contributed by atoms with Gasteiger partial charge in [-0.1, -0.05) is 135 Å². The molecule has 1 atom stereocenters. The molecule has 0 saturated carbocycles. The Hall–Kier alpha value is 0.970. The minimum absolute atomic E-state index is 0.201. The van der Waals surface area contributed by atoms with Crippen LogP contribution < -0.4 is 0 Å². The molecule has 0 fully saturated rings. The van der Waals surface area contributed by atoms with Crippen molar-refractivity contribution in [3.05, 3.63) is 35.9 Å². The van der Waals surface area contributed by atoms with Crippen LogP contribution in [0.1, 0.15) is 11.7 Å². The zero-order valence-corrected chi connectivity index (χ0v) is 18.0. The molecule has 12 heteroatoms. The molecule has 1 aliphatic heterocycles. The fourth-order valence-electron chi connectivity index (χ4n) is 1.92. The van der Waals surface area contributed by atoms with Crippen molar-refractivity contribution in [3.63, 3.8) is 0 Å². The van der Waals surface area contributed by atoms with Crippen molar-refractivity contribution in [1.29, 1.82) is 0 Å².